The molecule has 2 unspecified atom stereocenters. The molecule has 0 heterocycles. The van der Waals surface area contributed by atoms with E-state index in [-0.39, 0.29) is 32.6 Å². The number of rotatable bonds is 61. The van der Waals surface area contributed by atoms with E-state index in [1.807, 2.05) is 0 Å². The van der Waals surface area contributed by atoms with Crippen molar-refractivity contribution in [3.05, 3.63) is 219 Å². The monoisotopic (exact) mass is 1240 g/mol. The van der Waals surface area contributed by atoms with E-state index in [4.69, 9.17) is 24.3 Å². The van der Waals surface area contributed by atoms with Crippen LogP contribution in [-0.4, -0.2) is 49.3 Å². The maximum absolute atomic E-state index is 12.8. The van der Waals surface area contributed by atoms with E-state index in [1.54, 1.807) is 0 Å². The Hall–Kier alpha value is -5.67. The number of hydrogen-bond donors (Lipinski definition) is 2. The van der Waals surface area contributed by atoms with Crippen LogP contribution in [0.15, 0.2) is 219 Å². The number of phosphoric ester groups is 1. The first-order valence-corrected chi connectivity index (χ1v) is 35.7. The molecule has 3 N–H and O–H groups in total. The summed E-state index contributed by atoms with van der Waals surface area (Å²) in [6, 6.07) is 0. The highest BCUT2D eigenvalue weighted by molar-refractivity contribution is 7.47. The number of ether oxygens (including phenoxy) is 2. The number of nitrogens with two attached hydrogens (primary N) is 1. The molecule has 0 aromatic carbocycles. The van der Waals surface area contributed by atoms with Crippen molar-refractivity contribution in [1.82, 2.24) is 0 Å². The molecule has 10 heteroatoms. The van der Waals surface area contributed by atoms with Crippen molar-refractivity contribution >= 4 is 19.8 Å². The molecule has 0 radical (unpaired) electrons. The van der Waals surface area contributed by atoms with Gasteiger partial charge in [-0.2, -0.15) is 0 Å². The first-order chi connectivity index (χ1) is 43.8. The molecule has 496 valence electrons. The van der Waals surface area contributed by atoms with Gasteiger partial charge < -0.3 is 20.1 Å². The summed E-state index contributed by atoms with van der Waals surface area (Å²) in [5.41, 5.74) is 5.40. The second kappa shape index (κ2) is 71.4. The Balaban J connectivity index is 4.08. The molecule has 0 aliphatic rings. The van der Waals surface area contributed by atoms with Crippen molar-refractivity contribution in [3.8, 4) is 0 Å². The Morgan fingerprint density at radius 2 is 0.584 bits per heavy atom. The van der Waals surface area contributed by atoms with Crippen LogP contribution < -0.4 is 5.73 Å². The Bertz CT molecular complexity index is 2260. The van der Waals surface area contributed by atoms with Gasteiger partial charge in [0.2, 0.25) is 0 Å². The fraction of sp³-hybridized carbons (Fsp3) is 0.519. The number of esters is 2. The minimum Gasteiger partial charge on any atom is -0.462 e. The topological polar surface area (TPSA) is 134 Å². The average molecular weight is 1240 g/mol. The van der Waals surface area contributed by atoms with Crippen LogP contribution in [0.25, 0.3) is 0 Å². The highest BCUT2D eigenvalue weighted by Gasteiger charge is 2.26. The molecule has 0 aliphatic carbocycles. The normalized spacial score (nSPS) is 14.3. The number of allylic oxidation sites excluding steroid dienone is 36. The van der Waals surface area contributed by atoms with E-state index in [0.717, 1.165) is 180 Å². The highest BCUT2D eigenvalue weighted by Crippen LogP contribution is 2.43. The van der Waals surface area contributed by atoms with Gasteiger partial charge in [0.05, 0.1) is 13.2 Å². The zero-order chi connectivity index (χ0) is 64.4. The Labute approximate surface area is 543 Å². The van der Waals surface area contributed by atoms with E-state index >= 15 is 0 Å². The predicted molar refractivity (Wildman–Crippen MR) is 384 cm³/mol. The smallest absolute Gasteiger partial charge is 0.462 e. The summed E-state index contributed by atoms with van der Waals surface area (Å²) < 4.78 is 33.1. The van der Waals surface area contributed by atoms with Gasteiger partial charge >= 0.3 is 19.8 Å². The lowest BCUT2D eigenvalue weighted by Gasteiger charge is -2.19. The van der Waals surface area contributed by atoms with Gasteiger partial charge in [-0.25, -0.2) is 4.57 Å². The number of carbonyl (C=O) groups excluding carboxylic acids is 2. The van der Waals surface area contributed by atoms with Crippen molar-refractivity contribution in [2.45, 2.75) is 238 Å². The zero-order valence-electron chi connectivity index (χ0n) is 55.6. The summed E-state index contributed by atoms with van der Waals surface area (Å²) in [5.74, 6) is -0.881. The lowest BCUT2D eigenvalue weighted by Crippen LogP contribution is -2.29. The molecular formula is C79H122NO8P. The first kappa shape index (κ1) is 83.3. The van der Waals surface area contributed by atoms with E-state index in [9.17, 15) is 19.0 Å². The standard InChI is InChI=1S/C79H122NO8P/c1-3-5-7-9-11-13-15-17-19-21-23-25-27-29-31-33-35-37-38-40-42-44-46-48-50-52-54-56-58-60-62-64-66-68-70-72-79(82)88-77(76-87-89(83,84)86-74-73-80)75-85-78(81)71-69-67-65-63-61-59-57-55-53-51-49-47-45-43-41-39-36-34-32-30-28-26-24-22-20-18-16-14-12-10-8-6-4-2/h5-8,11-14,17-20,23-26,29-32,35-37,39-40,42-43,45-46,48-49,51-52,54-55,57,77H,3-4,9-10,15-16,21-22,27-28,33-34,38,41,44,47,50,53,56,58-76,80H2,1-2H3,(H,83,84)/b7-5-,8-6-,13-11-,14-12-,19-17-,20-18-,25-23-,26-24-,31-29-,32-30-,37-35-,39-36-,42-40-,45-43-,48-46-,51-49-,54-52-,57-55-. The molecule has 0 aliphatic heterocycles. The Morgan fingerprint density at radius 1 is 0.337 bits per heavy atom. The number of carbonyl (C=O) groups is 2. The van der Waals surface area contributed by atoms with Gasteiger partial charge in [-0.15, -0.1) is 0 Å². The molecule has 89 heavy (non-hydrogen) atoms. The maximum Gasteiger partial charge on any atom is 0.472 e. The summed E-state index contributed by atoms with van der Waals surface area (Å²) in [6.45, 7) is 3.45. The SMILES string of the molecule is CC/C=C\C/C=C\C/C=C\C/C=C\C/C=C\C/C=C\C/C=C\C/C=C\C/C=C\CCCCCCCCCC(=O)OC(COC(=O)CCCCCCC/C=C\C/C=C\C/C=C\C/C=C\C/C=C\C/C=C\C/C=C\C/C=C\C/C=C\CC)COP(=O)(O)OCCN. The summed E-state index contributed by atoms with van der Waals surface area (Å²) in [5, 5.41) is 0. The minimum atomic E-state index is -4.42. The molecule has 0 spiro atoms. The maximum atomic E-state index is 12.8. The van der Waals surface area contributed by atoms with Crippen LogP contribution in [0.2, 0.25) is 0 Å². The van der Waals surface area contributed by atoms with E-state index in [1.165, 1.54) is 12.8 Å². The van der Waals surface area contributed by atoms with Crippen molar-refractivity contribution in [3.63, 3.8) is 0 Å². The molecule has 0 rings (SSSR count). The van der Waals surface area contributed by atoms with Gasteiger partial charge in [-0.1, -0.05) is 284 Å². The van der Waals surface area contributed by atoms with Gasteiger partial charge in [0, 0.05) is 19.4 Å². The molecule has 0 bridgehead atoms. The second-order valence-electron chi connectivity index (χ2n) is 21.6. The molecule has 0 aromatic heterocycles. The van der Waals surface area contributed by atoms with Gasteiger partial charge in [0.25, 0.3) is 0 Å². The molecule has 2 atom stereocenters. The number of hydrogen-bond acceptors (Lipinski definition) is 8. The molecular weight excluding hydrogens is 1120 g/mol. The van der Waals surface area contributed by atoms with Crippen LogP contribution in [0, 0.1) is 0 Å². The summed E-state index contributed by atoms with van der Waals surface area (Å²) in [4.78, 5) is 35.3. The number of phosphoric acid groups is 1. The van der Waals surface area contributed by atoms with Crippen LogP contribution >= 0.6 is 7.82 Å². The fourth-order valence-corrected chi connectivity index (χ4v) is 9.15. The van der Waals surface area contributed by atoms with Gasteiger partial charge in [-0.05, 0) is 154 Å². The van der Waals surface area contributed by atoms with Gasteiger partial charge in [-0.3, -0.25) is 18.6 Å². The van der Waals surface area contributed by atoms with Crippen LogP contribution in [-0.2, 0) is 32.7 Å². The first-order valence-electron chi connectivity index (χ1n) is 34.2. The average Bonchev–Trinajstić information content (AvgIpc) is 3.66. The van der Waals surface area contributed by atoms with Crippen LogP contribution in [0.1, 0.15) is 232 Å². The quantitative estimate of drug-likeness (QED) is 0.0264. The van der Waals surface area contributed by atoms with Gasteiger partial charge in [0.1, 0.15) is 6.61 Å². The predicted octanol–water partition coefficient (Wildman–Crippen LogP) is 22.8. The lowest BCUT2D eigenvalue weighted by molar-refractivity contribution is -0.161. The zero-order valence-corrected chi connectivity index (χ0v) is 56.5. The van der Waals surface area contributed by atoms with Gasteiger partial charge in [0.15, 0.2) is 6.10 Å². The second-order valence-corrected chi connectivity index (χ2v) is 23.0. The third-order valence-corrected chi connectivity index (χ3v) is 14.3. The number of unbranched alkanes of at least 4 members (excludes halogenated alkanes) is 12. The van der Waals surface area contributed by atoms with Crippen molar-refractivity contribution in [1.29, 1.82) is 0 Å². The fourth-order valence-electron chi connectivity index (χ4n) is 8.38. The Morgan fingerprint density at radius 3 is 0.865 bits per heavy atom. The Kier molecular flexibility index (Phi) is 66.9. The van der Waals surface area contributed by atoms with E-state index in [2.05, 4.69) is 233 Å². The third kappa shape index (κ3) is 71.3. The molecule has 0 amide bonds. The summed E-state index contributed by atoms with van der Waals surface area (Å²) in [6.07, 6.45) is 111. The highest BCUT2D eigenvalue weighted by atomic mass is 31.2. The largest absolute Gasteiger partial charge is 0.472 e. The molecule has 0 saturated heterocycles. The van der Waals surface area contributed by atoms with Crippen molar-refractivity contribution in [2.75, 3.05) is 26.4 Å². The molecule has 0 fully saturated rings. The van der Waals surface area contributed by atoms with Crippen LogP contribution in [0.5, 0.6) is 0 Å². The minimum absolute atomic E-state index is 0.0359. The van der Waals surface area contributed by atoms with E-state index < -0.39 is 32.5 Å². The molecule has 0 saturated carbocycles. The summed E-state index contributed by atoms with van der Waals surface area (Å²) in [7, 11) is -4.42. The van der Waals surface area contributed by atoms with Crippen molar-refractivity contribution in [2.24, 2.45) is 5.73 Å². The molecule has 0 aromatic rings. The summed E-state index contributed by atoms with van der Waals surface area (Å²) >= 11 is 0. The molecule has 9 nitrogen and oxygen atoms in total. The van der Waals surface area contributed by atoms with E-state index in [0.29, 0.717) is 12.8 Å². The van der Waals surface area contributed by atoms with Crippen molar-refractivity contribution < 1.29 is 37.6 Å². The van der Waals surface area contributed by atoms with Crippen LogP contribution in [0.4, 0.5) is 0 Å². The lowest BCUT2D eigenvalue weighted by atomic mass is 10.1. The third-order valence-electron chi connectivity index (χ3n) is 13.4. The van der Waals surface area contributed by atoms with Crippen LogP contribution in [0.3, 0.4) is 0 Å².